The zero-order valence-electron chi connectivity index (χ0n) is 18.8. The largest absolute Gasteiger partial charge is 0.496 e. The van der Waals surface area contributed by atoms with Crippen LogP contribution in [0.3, 0.4) is 0 Å². The number of amides is 3. The Balaban J connectivity index is 1.97. The molecule has 3 rings (SSSR count). The van der Waals surface area contributed by atoms with Crippen LogP contribution in [0.5, 0.6) is 5.75 Å². The topological polar surface area (TPSA) is 102 Å². The summed E-state index contributed by atoms with van der Waals surface area (Å²) in [6.45, 7) is 1.03. The molecule has 1 aromatic rings. The molecule has 2 aliphatic rings. The van der Waals surface area contributed by atoms with Crippen LogP contribution in [0.15, 0.2) is 24.3 Å². The van der Waals surface area contributed by atoms with E-state index in [1.54, 1.807) is 31.4 Å². The molecule has 0 aromatic heterocycles. The molecule has 0 spiro atoms. The quantitative estimate of drug-likeness (QED) is 0.320. The van der Waals surface area contributed by atoms with Gasteiger partial charge in [-0.3, -0.25) is 19.3 Å². The molecule has 2 heterocycles. The second-order valence-corrected chi connectivity index (χ2v) is 8.10. The molecule has 2 fully saturated rings. The molecule has 9 heteroatoms. The van der Waals surface area contributed by atoms with E-state index in [1.165, 1.54) is 24.0 Å². The lowest BCUT2D eigenvalue weighted by Crippen LogP contribution is -2.47. The number of hydrogen-bond donors (Lipinski definition) is 0. The van der Waals surface area contributed by atoms with E-state index in [4.69, 9.17) is 14.2 Å². The molecule has 0 bridgehead atoms. The van der Waals surface area contributed by atoms with Crippen molar-refractivity contribution in [1.29, 1.82) is 0 Å². The number of rotatable bonds is 9. The molecule has 1 aromatic carbocycles. The van der Waals surface area contributed by atoms with Gasteiger partial charge in [-0.25, -0.2) is 4.79 Å². The van der Waals surface area contributed by atoms with Crippen LogP contribution in [0.2, 0.25) is 0 Å². The number of ether oxygens (including phenoxy) is 3. The van der Waals surface area contributed by atoms with Gasteiger partial charge in [0.25, 0.3) is 0 Å². The van der Waals surface area contributed by atoms with E-state index < -0.39 is 23.3 Å². The predicted octanol–water partition coefficient (Wildman–Crippen LogP) is 1.28. The van der Waals surface area contributed by atoms with Gasteiger partial charge in [-0.2, -0.15) is 0 Å². The Morgan fingerprint density at radius 1 is 1.16 bits per heavy atom. The number of likely N-dealkylation sites (tertiary alicyclic amines) is 2. The Kier molecular flexibility index (Phi) is 7.50. The van der Waals surface area contributed by atoms with Gasteiger partial charge in [0, 0.05) is 45.2 Å². The van der Waals surface area contributed by atoms with Crippen molar-refractivity contribution >= 4 is 23.7 Å². The highest BCUT2D eigenvalue weighted by molar-refractivity contribution is 6.11. The minimum absolute atomic E-state index is 0.137. The van der Waals surface area contributed by atoms with Crippen LogP contribution in [0.25, 0.3) is 0 Å². The summed E-state index contributed by atoms with van der Waals surface area (Å²) in [6, 6.07) is 6.27. The SMILES string of the molecule is COCCCN1C(=O)C[C@@](CC(=O)N2CCC[C@H]2C(=O)OC)(c2ccccc2OC)C1=O. The van der Waals surface area contributed by atoms with Crippen molar-refractivity contribution < 1.29 is 33.4 Å². The van der Waals surface area contributed by atoms with Gasteiger partial charge in [-0.15, -0.1) is 0 Å². The molecule has 32 heavy (non-hydrogen) atoms. The maximum Gasteiger partial charge on any atom is 0.328 e. The number of benzene rings is 1. The fourth-order valence-corrected chi connectivity index (χ4v) is 4.68. The van der Waals surface area contributed by atoms with Gasteiger partial charge < -0.3 is 19.1 Å². The van der Waals surface area contributed by atoms with E-state index in [-0.39, 0.29) is 31.2 Å². The Morgan fingerprint density at radius 2 is 1.91 bits per heavy atom. The van der Waals surface area contributed by atoms with Gasteiger partial charge in [0.05, 0.1) is 19.6 Å². The van der Waals surface area contributed by atoms with Gasteiger partial charge in [0.15, 0.2) is 0 Å². The molecule has 0 radical (unpaired) electrons. The summed E-state index contributed by atoms with van der Waals surface area (Å²) >= 11 is 0. The van der Waals surface area contributed by atoms with Gasteiger partial charge in [0.2, 0.25) is 17.7 Å². The van der Waals surface area contributed by atoms with Crippen molar-refractivity contribution in [2.45, 2.75) is 43.6 Å². The molecule has 0 N–H and O–H groups in total. The molecule has 0 unspecified atom stereocenters. The van der Waals surface area contributed by atoms with Gasteiger partial charge in [0.1, 0.15) is 11.8 Å². The lowest BCUT2D eigenvalue weighted by molar-refractivity contribution is -0.151. The summed E-state index contributed by atoms with van der Waals surface area (Å²) < 4.78 is 15.4. The van der Waals surface area contributed by atoms with E-state index in [9.17, 15) is 19.2 Å². The fraction of sp³-hybridized carbons (Fsp3) is 0.565. The van der Waals surface area contributed by atoms with Gasteiger partial charge in [-0.05, 0) is 25.3 Å². The highest BCUT2D eigenvalue weighted by atomic mass is 16.5. The maximum atomic E-state index is 13.7. The standard InChI is InChI=1S/C23H30N2O7/c1-30-13-7-12-25-20(27)15-23(22(25)29,16-8-4-5-10-18(16)31-2)14-19(26)24-11-6-9-17(24)21(28)32-3/h4-5,8,10,17H,6-7,9,11-15H2,1-3H3/t17-,23-/m0/s1. The number of carbonyl (C=O) groups excluding carboxylic acids is 4. The summed E-state index contributed by atoms with van der Waals surface area (Å²) in [5.41, 5.74) is -0.894. The zero-order chi connectivity index (χ0) is 23.3. The Labute approximate surface area is 187 Å². The average molecular weight is 447 g/mol. The molecule has 174 valence electrons. The Morgan fingerprint density at radius 3 is 2.59 bits per heavy atom. The predicted molar refractivity (Wildman–Crippen MR) is 114 cm³/mol. The van der Waals surface area contributed by atoms with Crippen LogP contribution in [0, 0.1) is 0 Å². The third kappa shape index (κ3) is 4.34. The summed E-state index contributed by atoms with van der Waals surface area (Å²) in [5.74, 6) is -1.16. The van der Waals surface area contributed by atoms with Crippen molar-refractivity contribution in [1.82, 2.24) is 9.80 Å². The number of carbonyl (C=O) groups is 4. The minimum atomic E-state index is -1.39. The maximum absolute atomic E-state index is 13.7. The van der Waals surface area contributed by atoms with Gasteiger partial charge >= 0.3 is 5.97 Å². The summed E-state index contributed by atoms with van der Waals surface area (Å²) in [5, 5.41) is 0. The summed E-state index contributed by atoms with van der Waals surface area (Å²) in [4.78, 5) is 54.8. The van der Waals surface area contributed by atoms with Crippen LogP contribution in [0.4, 0.5) is 0 Å². The van der Waals surface area contributed by atoms with E-state index in [0.717, 1.165) is 0 Å². The molecule has 2 saturated heterocycles. The van der Waals surface area contributed by atoms with Crippen LogP contribution in [0.1, 0.15) is 37.7 Å². The molecule has 2 aliphatic heterocycles. The number of nitrogens with zero attached hydrogens (tertiary/aromatic N) is 2. The zero-order valence-corrected chi connectivity index (χ0v) is 18.8. The number of methoxy groups -OCH3 is 3. The van der Waals surface area contributed by atoms with Crippen molar-refractivity contribution in [2.24, 2.45) is 0 Å². The van der Waals surface area contributed by atoms with E-state index in [2.05, 4.69) is 0 Å². The molecule has 2 atom stereocenters. The molecule has 3 amide bonds. The molecule has 0 aliphatic carbocycles. The Bertz CT molecular complexity index is 887. The van der Waals surface area contributed by atoms with Crippen molar-refractivity contribution in [3.05, 3.63) is 29.8 Å². The second-order valence-electron chi connectivity index (χ2n) is 8.10. The minimum Gasteiger partial charge on any atom is -0.496 e. The third-order valence-corrected chi connectivity index (χ3v) is 6.26. The molecular weight excluding hydrogens is 416 g/mol. The van der Waals surface area contributed by atoms with Crippen LogP contribution in [-0.2, 0) is 34.1 Å². The second kappa shape index (κ2) is 10.1. The van der Waals surface area contributed by atoms with Crippen LogP contribution >= 0.6 is 0 Å². The average Bonchev–Trinajstić information content (AvgIpc) is 3.38. The lowest BCUT2D eigenvalue weighted by atomic mass is 9.75. The number of hydrogen-bond acceptors (Lipinski definition) is 7. The van der Waals surface area contributed by atoms with E-state index in [1.807, 2.05) is 0 Å². The number of para-hydroxylation sites is 1. The number of esters is 1. The van der Waals surface area contributed by atoms with Crippen LogP contribution in [-0.4, -0.2) is 80.6 Å². The first-order valence-electron chi connectivity index (χ1n) is 10.7. The van der Waals surface area contributed by atoms with Crippen LogP contribution < -0.4 is 4.74 Å². The lowest BCUT2D eigenvalue weighted by Gasteiger charge is -2.31. The summed E-state index contributed by atoms with van der Waals surface area (Å²) in [7, 11) is 4.33. The molecule has 0 saturated carbocycles. The molecular formula is C23H30N2O7. The van der Waals surface area contributed by atoms with E-state index in [0.29, 0.717) is 43.7 Å². The third-order valence-electron chi connectivity index (χ3n) is 6.26. The number of imide groups is 1. The fourth-order valence-electron chi connectivity index (χ4n) is 4.68. The first-order valence-corrected chi connectivity index (χ1v) is 10.7. The van der Waals surface area contributed by atoms with Gasteiger partial charge in [-0.1, -0.05) is 18.2 Å². The monoisotopic (exact) mass is 446 g/mol. The van der Waals surface area contributed by atoms with Crippen molar-refractivity contribution in [2.75, 3.05) is 41.0 Å². The molecule has 9 nitrogen and oxygen atoms in total. The first-order chi connectivity index (χ1) is 15.4. The Hall–Kier alpha value is -2.94. The first kappa shape index (κ1) is 23.7. The van der Waals surface area contributed by atoms with Crippen molar-refractivity contribution in [3.63, 3.8) is 0 Å². The smallest absolute Gasteiger partial charge is 0.328 e. The summed E-state index contributed by atoms with van der Waals surface area (Å²) in [6.07, 6.45) is 1.31. The highest BCUT2D eigenvalue weighted by Crippen LogP contribution is 2.44. The normalized spacial score (nSPS) is 23.0. The van der Waals surface area contributed by atoms with Crippen molar-refractivity contribution in [3.8, 4) is 5.75 Å². The highest BCUT2D eigenvalue weighted by Gasteiger charge is 2.55. The van der Waals surface area contributed by atoms with E-state index >= 15 is 0 Å².